The van der Waals surface area contributed by atoms with Gasteiger partial charge in [-0.3, -0.25) is 0 Å². The summed E-state index contributed by atoms with van der Waals surface area (Å²) in [6, 6.07) is 0. The van der Waals surface area contributed by atoms with Crippen LogP contribution >= 0.6 is 11.8 Å². The monoisotopic (exact) mass is 344 g/mol. The summed E-state index contributed by atoms with van der Waals surface area (Å²) in [6.45, 7) is 6.71. The first kappa shape index (κ1) is 16.6. The molecule has 5 rings (SSSR count). The molecule has 1 aliphatic carbocycles. The lowest BCUT2D eigenvalue weighted by Gasteiger charge is -2.60. The maximum atomic E-state index is 9.16. The largest absolute Gasteiger partial charge is 0.396 e. The lowest BCUT2D eigenvalue weighted by atomic mass is 9.58. The molecule has 23 heavy (non-hydrogen) atoms. The van der Waals surface area contributed by atoms with E-state index in [1.54, 1.807) is 11.8 Å². The van der Waals surface area contributed by atoms with E-state index in [-0.39, 0.29) is 18.3 Å². The summed E-state index contributed by atoms with van der Waals surface area (Å²) < 4.78 is 12.7. The van der Waals surface area contributed by atoms with E-state index in [1.807, 2.05) is 6.92 Å². The Hall–Kier alpha value is 0.150. The number of aliphatic hydroxyl groups excluding tert-OH is 1. The lowest BCUT2D eigenvalue weighted by molar-refractivity contribution is -0.568. The van der Waals surface area contributed by atoms with Gasteiger partial charge >= 0.3 is 0 Å². The van der Waals surface area contributed by atoms with Crippen molar-refractivity contribution in [3.63, 3.8) is 0 Å². The molecule has 1 spiro atoms. The molecule has 4 aliphatic heterocycles. The first-order valence-electron chi connectivity index (χ1n) is 8.93. The van der Waals surface area contributed by atoms with Crippen LogP contribution in [-0.4, -0.2) is 40.6 Å². The number of hydrogen-bond acceptors (Lipinski definition) is 6. The standard InChI is InChI=1S/C17H28O5S/c1-10-4-5-13-11(2)14(23-9-8-18)19-15-17(13)12(10)6-7-16(3,20-15)21-22-17/h10-15,18H,4-9H2,1-3H3/t10-,11-,12+,13+,14+,15-,16+,17-/m1/s1. The molecule has 0 unspecified atom stereocenters. The van der Waals surface area contributed by atoms with Crippen LogP contribution < -0.4 is 0 Å². The quantitative estimate of drug-likeness (QED) is 0.795. The van der Waals surface area contributed by atoms with Crippen LogP contribution in [0.15, 0.2) is 0 Å². The highest BCUT2D eigenvalue weighted by Crippen LogP contribution is 2.61. The third-order valence-corrected chi connectivity index (χ3v) is 7.76. The number of fused-ring (bicyclic) bond motifs is 2. The van der Waals surface area contributed by atoms with Gasteiger partial charge in [-0.2, -0.15) is 0 Å². The van der Waals surface area contributed by atoms with Crippen LogP contribution in [0.5, 0.6) is 0 Å². The number of rotatable bonds is 3. The van der Waals surface area contributed by atoms with Crippen LogP contribution in [0.1, 0.15) is 46.5 Å². The highest BCUT2D eigenvalue weighted by atomic mass is 32.2. The molecule has 0 aromatic heterocycles. The Bertz CT molecular complexity index is 462. The Morgan fingerprint density at radius 3 is 2.74 bits per heavy atom. The molecule has 1 N–H and O–H groups in total. The fraction of sp³-hybridized carbons (Fsp3) is 1.00. The van der Waals surface area contributed by atoms with Crippen LogP contribution in [0, 0.1) is 23.7 Å². The third kappa shape index (κ3) is 2.41. The van der Waals surface area contributed by atoms with Gasteiger partial charge in [-0.15, -0.1) is 11.8 Å². The second-order valence-corrected chi connectivity index (χ2v) is 9.07. The molecule has 0 amide bonds. The normalized spacial score (nSPS) is 55.3. The minimum Gasteiger partial charge on any atom is -0.396 e. The molecule has 5 aliphatic rings. The molecule has 0 radical (unpaired) electrons. The SMILES string of the molecule is C[C@H]1[C@H](SCCO)O[C@@H]2O[C@]3(C)CC[C@H]4[C@H](C)CC[C@@H]1[C@@]24OO3. The van der Waals surface area contributed by atoms with E-state index in [9.17, 15) is 0 Å². The Morgan fingerprint density at radius 1 is 1.13 bits per heavy atom. The van der Waals surface area contributed by atoms with Crippen LogP contribution in [0.25, 0.3) is 0 Å². The number of ether oxygens (including phenoxy) is 2. The summed E-state index contributed by atoms with van der Waals surface area (Å²) in [5.41, 5.74) is -0.424. The van der Waals surface area contributed by atoms with E-state index in [0.29, 0.717) is 29.4 Å². The minimum atomic E-state index is -0.704. The van der Waals surface area contributed by atoms with Crippen LogP contribution in [0.2, 0.25) is 0 Å². The highest BCUT2D eigenvalue weighted by molar-refractivity contribution is 7.99. The topological polar surface area (TPSA) is 57.2 Å². The van der Waals surface area contributed by atoms with Crippen molar-refractivity contribution in [2.75, 3.05) is 12.4 Å². The second-order valence-electron chi connectivity index (χ2n) is 7.87. The molecular formula is C17H28O5S. The third-order valence-electron chi connectivity index (χ3n) is 6.47. The summed E-state index contributed by atoms with van der Waals surface area (Å²) >= 11 is 1.69. The Morgan fingerprint density at radius 2 is 1.96 bits per heavy atom. The van der Waals surface area contributed by atoms with Crippen molar-refractivity contribution < 1.29 is 24.4 Å². The Balaban J connectivity index is 1.70. The van der Waals surface area contributed by atoms with Crippen molar-refractivity contribution in [1.29, 1.82) is 0 Å². The van der Waals surface area contributed by atoms with Gasteiger partial charge in [0.05, 0.1) is 6.61 Å². The van der Waals surface area contributed by atoms with E-state index in [0.717, 1.165) is 19.3 Å². The van der Waals surface area contributed by atoms with Gasteiger partial charge < -0.3 is 14.6 Å². The maximum Gasteiger partial charge on any atom is 0.201 e. The maximum absolute atomic E-state index is 9.16. The number of aliphatic hydroxyl groups is 1. The van der Waals surface area contributed by atoms with E-state index < -0.39 is 11.4 Å². The van der Waals surface area contributed by atoms with Crippen LogP contribution in [0.4, 0.5) is 0 Å². The van der Waals surface area contributed by atoms with Crippen molar-refractivity contribution in [2.24, 2.45) is 23.7 Å². The molecule has 5 nitrogen and oxygen atoms in total. The highest BCUT2D eigenvalue weighted by Gasteiger charge is 2.69. The summed E-state index contributed by atoms with van der Waals surface area (Å²) in [5.74, 6) is 1.73. The van der Waals surface area contributed by atoms with Crippen molar-refractivity contribution in [1.82, 2.24) is 0 Å². The van der Waals surface area contributed by atoms with Gasteiger partial charge in [-0.25, -0.2) is 9.78 Å². The van der Waals surface area contributed by atoms with Crippen molar-refractivity contribution in [3.05, 3.63) is 0 Å². The van der Waals surface area contributed by atoms with Gasteiger partial charge in [-0.05, 0) is 43.9 Å². The van der Waals surface area contributed by atoms with Gasteiger partial charge in [0.15, 0.2) is 11.9 Å². The molecule has 5 fully saturated rings. The van der Waals surface area contributed by atoms with Gasteiger partial charge in [-0.1, -0.05) is 13.8 Å². The molecule has 1 saturated carbocycles. The first-order valence-corrected chi connectivity index (χ1v) is 9.97. The van der Waals surface area contributed by atoms with E-state index in [2.05, 4.69) is 13.8 Å². The van der Waals surface area contributed by atoms with Crippen LogP contribution in [-0.2, 0) is 19.2 Å². The summed E-state index contributed by atoms with van der Waals surface area (Å²) in [4.78, 5) is 11.9. The molecule has 4 saturated heterocycles. The van der Waals surface area contributed by atoms with Crippen LogP contribution in [0.3, 0.4) is 0 Å². The molecule has 132 valence electrons. The minimum absolute atomic E-state index is 0.0448. The number of hydrogen-bond donors (Lipinski definition) is 1. The average molecular weight is 344 g/mol. The lowest BCUT2D eigenvalue weighted by Crippen LogP contribution is -2.70. The summed E-state index contributed by atoms with van der Waals surface area (Å²) in [7, 11) is 0. The smallest absolute Gasteiger partial charge is 0.201 e. The van der Waals surface area contributed by atoms with Gasteiger partial charge in [0.2, 0.25) is 5.79 Å². The zero-order valence-electron chi connectivity index (χ0n) is 14.2. The van der Waals surface area contributed by atoms with Crippen molar-refractivity contribution in [3.8, 4) is 0 Å². The fourth-order valence-electron chi connectivity index (χ4n) is 5.23. The fourth-order valence-corrected chi connectivity index (χ4v) is 6.24. The van der Waals surface area contributed by atoms with Gasteiger partial charge in [0.25, 0.3) is 0 Å². The predicted molar refractivity (Wildman–Crippen MR) is 86.4 cm³/mol. The Labute approximate surface area is 142 Å². The molecule has 2 bridgehead atoms. The molecule has 6 heteroatoms. The second kappa shape index (κ2) is 5.85. The van der Waals surface area contributed by atoms with E-state index in [4.69, 9.17) is 24.4 Å². The van der Waals surface area contributed by atoms with E-state index >= 15 is 0 Å². The summed E-state index contributed by atoms with van der Waals surface area (Å²) in [5, 5.41) is 9.16. The predicted octanol–water partition coefficient (Wildman–Crippen LogP) is 2.92. The molecule has 0 aromatic rings. The van der Waals surface area contributed by atoms with Gasteiger partial charge in [0.1, 0.15) is 5.44 Å². The molecule has 8 atom stereocenters. The molecular weight excluding hydrogens is 316 g/mol. The zero-order valence-corrected chi connectivity index (χ0v) is 15.0. The average Bonchev–Trinajstić information content (AvgIpc) is 2.76. The van der Waals surface area contributed by atoms with Crippen molar-refractivity contribution in [2.45, 2.75) is 69.6 Å². The Kier molecular flexibility index (Phi) is 4.23. The summed E-state index contributed by atoms with van der Waals surface area (Å²) in [6.07, 6.45) is 3.90. The first-order chi connectivity index (χ1) is 11.0. The number of thioether (sulfide) groups is 1. The van der Waals surface area contributed by atoms with Gasteiger partial charge in [0, 0.05) is 18.1 Å². The van der Waals surface area contributed by atoms with Crippen molar-refractivity contribution >= 4 is 11.8 Å². The zero-order chi connectivity index (χ0) is 16.2. The van der Waals surface area contributed by atoms with E-state index in [1.165, 1.54) is 6.42 Å². The molecule has 4 heterocycles. The molecule has 0 aromatic carbocycles.